The Kier molecular flexibility index (Phi) is 5.36. The van der Waals surface area contributed by atoms with Crippen molar-refractivity contribution >= 4 is 34.8 Å². The number of nitrogens with one attached hydrogen (secondary N) is 2. The first-order valence-electron chi connectivity index (χ1n) is 6.80. The van der Waals surface area contributed by atoms with Crippen LogP contribution in [-0.4, -0.2) is 35.3 Å². The summed E-state index contributed by atoms with van der Waals surface area (Å²) in [5.74, 6) is -0.694. The van der Waals surface area contributed by atoms with Crippen LogP contribution in [0, 0.1) is 6.92 Å². The van der Waals surface area contributed by atoms with Gasteiger partial charge in [-0.3, -0.25) is 14.3 Å². The lowest BCUT2D eigenvalue weighted by Gasteiger charge is -2.11. The maximum atomic E-state index is 12.3. The molecular weight excluding hydrogens is 320 g/mol. The topological polar surface area (TPSA) is 85.2 Å². The van der Waals surface area contributed by atoms with Crippen LogP contribution in [0.2, 0.25) is 5.02 Å². The molecule has 2 aromatic rings. The average Bonchev–Trinajstić information content (AvgIpc) is 2.81. The standard InChI is InChI=1S/C15H17ClN4O3/c1-9-4-5-10(17-13(21)8-23-3)6-12(9)18-15(22)14-11(16)7-20(2)19-14/h4-7H,8H2,1-3H3,(H,17,21)(H,18,22). The first-order chi connectivity index (χ1) is 10.9. The molecular formula is C15H17ClN4O3. The summed E-state index contributed by atoms with van der Waals surface area (Å²) in [5.41, 5.74) is 2.10. The molecule has 0 spiro atoms. The van der Waals surface area contributed by atoms with Gasteiger partial charge in [0.2, 0.25) is 5.91 Å². The first kappa shape index (κ1) is 17.0. The molecule has 1 aromatic carbocycles. The predicted octanol–water partition coefficient (Wildman–Crippen LogP) is 2.22. The number of methoxy groups -OCH3 is 1. The highest BCUT2D eigenvalue weighted by Gasteiger charge is 2.16. The molecule has 2 amide bonds. The molecule has 0 saturated carbocycles. The van der Waals surface area contributed by atoms with Gasteiger partial charge in [-0.25, -0.2) is 0 Å². The molecule has 8 heteroatoms. The minimum absolute atomic E-state index is 0.0425. The molecule has 0 atom stereocenters. The van der Waals surface area contributed by atoms with E-state index in [9.17, 15) is 9.59 Å². The number of aryl methyl sites for hydroxylation is 2. The zero-order chi connectivity index (χ0) is 17.0. The van der Waals surface area contributed by atoms with Crippen LogP contribution in [0.1, 0.15) is 16.1 Å². The average molecular weight is 337 g/mol. The SMILES string of the molecule is COCC(=O)Nc1ccc(C)c(NC(=O)c2nn(C)cc2Cl)c1. The molecule has 0 aliphatic carbocycles. The normalized spacial score (nSPS) is 10.4. The van der Waals surface area contributed by atoms with Gasteiger partial charge in [-0.15, -0.1) is 0 Å². The molecule has 122 valence electrons. The molecule has 0 aliphatic rings. The number of carbonyl (C=O) groups is 2. The summed E-state index contributed by atoms with van der Waals surface area (Å²) in [7, 11) is 3.12. The van der Waals surface area contributed by atoms with Crippen LogP contribution in [-0.2, 0) is 16.6 Å². The summed E-state index contributed by atoms with van der Waals surface area (Å²) in [6.45, 7) is 1.80. The van der Waals surface area contributed by atoms with E-state index in [2.05, 4.69) is 15.7 Å². The van der Waals surface area contributed by atoms with Gasteiger partial charge in [0.1, 0.15) is 6.61 Å². The molecule has 23 heavy (non-hydrogen) atoms. The number of benzene rings is 1. The lowest BCUT2D eigenvalue weighted by Crippen LogP contribution is -2.18. The van der Waals surface area contributed by atoms with Crippen molar-refractivity contribution < 1.29 is 14.3 Å². The largest absolute Gasteiger partial charge is 0.375 e. The maximum absolute atomic E-state index is 12.3. The summed E-state index contributed by atoms with van der Waals surface area (Å²) in [6, 6.07) is 5.20. The second-order valence-corrected chi connectivity index (χ2v) is 5.37. The monoisotopic (exact) mass is 336 g/mol. The Hall–Kier alpha value is -2.38. The number of aromatic nitrogens is 2. The van der Waals surface area contributed by atoms with Gasteiger partial charge in [-0.05, 0) is 24.6 Å². The Morgan fingerprint density at radius 3 is 2.70 bits per heavy atom. The number of carbonyl (C=O) groups excluding carboxylic acids is 2. The van der Waals surface area contributed by atoms with E-state index >= 15 is 0 Å². The Bertz CT molecular complexity index is 742. The number of rotatable bonds is 5. The van der Waals surface area contributed by atoms with Crippen molar-refractivity contribution in [2.24, 2.45) is 7.05 Å². The van der Waals surface area contributed by atoms with Gasteiger partial charge in [0, 0.05) is 31.7 Å². The van der Waals surface area contributed by atoms with Crippen molar-refractivity contribution in [3.05, 3.63) is 40.7 Å². The van der Waals surface area contributed by atoms with Crippen LogP contribution in [0.5, 0.6) is 0 Å². The number of amides is 2. The van der Waals surface area contributed by atoms with Crippen molar-refractivity contribution in [1.82, 2.24) is 9.78 Å². The third-order valence-corrected chi connectivity index (χ3v) is 3.32. The number of anilines is 2. The van der Waals surface area contributed by atoms with E-state index in [1.54, 1.807) is 31.4 Å². The van der Waals surface area contributed by atoms with Crippen LogP contribution in [0.4, 0.5) is 11.4 Å². The van der Waals surface area contributed by atoms with Gasteiger partial charge in [0.25, 0.3) is 5.91 Å². The van der Waals surface area contributed by atoms with Crippen LogP contribution >= 0.6 is 11.6 Å². The number of halogens is 1. The van der Waals surface area contributed by atoms with E-state index < -0.39 is 5.91 Å². The molecule has 2 rings (SSSR count). The molecule has 1 aromatic heterocycles. The predicted molar refractivity (Wildman–Crippen MR) is 87.9 cm³/mol. The summed E-state index contributed by atoms with van der Waals surface area (Å²) in [4.78, 5) is 23.8. The Labute approximate surface area is 138 Å². The zero-order valence-corrected chi connectivity index (χ0v) is 13.8. The fourth-order valence-corrected chi connectivity index (χ4v) is 2.22. The van der Waals surface area contributed by atoms with Gasteiger partial charge >= 0.3 is 0 Å². The zero-order valence-electron chi connectivity index (χ0n) is 13.0. The van der Waals surface area contributed by atoms with E-state index in [1.165, 1.54) is 11.8 Å². The molecule has 0 aliphatic heterocycles. The number of ether oxygens (including phenoxy) is 1. The summed E-state index contributed by atoms with van der Waals surface area (Å²) < 4.78 is 6.22. The molecule has 1 heterocycles. The summed E-state index contributed by atoms with van der Waals surface area (Å²) >= 11 is 5.97. The lowest BCUT2D eigenvalue weighted by atomic mass is 10.1. The minimum atomic E-state index is -0.418. The number of hydrogen-bond acceptors (Lipinski definition) is 4. The second-order valence-electron chi connectivity index (χ2n) is 4.96. The quantitative estimate of drug-likeness (QED) is 0.876. The molecule has 2 N–H and O–H groups in total. The number of nitrogens with zero attached hydrogens (tertiary/aromatic N) is 2. The van der Waals surface area contributed by atoms with Gasteiger partial charge in [0.15, 0.2) is 5.69 Å². The van der Waals surface area contributed by atoms with Crippen molar-refractivity contribution in [2.75, 3.05) is 24.4 Å². The van der Waals surface area contributed by atoms with Gasteiger partial charge in [0.05, 0.1) is 5.02 Å². The van der Waals surface area contributed by atoms with Gasteiger partial charge in [-0.2, -0.15) is 5.10 Å². The fourth-order valence-electron chi connectivity index (χ4n) is 1.96. The van der Waals surface area contributed by atoms with Crippen molar-refractivity contribution in [3.8, 4) is 0 Å². The van der Waals surface area contributed by atoms with E-state index in [-0.39, 0.29) is 23.2 Å². The summed E-state index contributed by atoms with van der Waals surface area (Å²) in [6.07, 6.45) is 1.55. The first-order valence-corrected chi connectivity index (χ1v) is 7.18. The molecule has 0 saturated heterocycles. The Morgan fingerprint density at radius 1 is 1.35 bits per heavy atom. The van der Waals surface area contributed by atoms with Crippen molar-refractivity contribution in [1.29, 1.82) is 0 Å². The highest BCUT2D eigenvalue weighted by molar-refractivity contribution is 6.34. The minimum Gasteiger partial charge on any atom is -0.375 e. The molecule has 0 fully saturated rings. The fraction of sp³-hybridized carbons (Fsp3) is 0.267. The van der Waals surface area contributed by atoms with E-state index in [4.69, 9.17) is 16.3 Å². The molecule has 0 bridgehead atoms. The van der Waals surface area contributed by atoms with Crippen LogP contribution in [0.3, 0.4) is 0 Å². The van der Waals surface area contributed by atoms with Gasteiger partial charge < -0.3 is 15.4 Å². The smallest absolute Gasteiger partial charge is 0.277 e. The summed E-state index contributed by atoms with van der Waals surface area (Å²) in [5, 5.41) is 9.71. The van der Waals surface area contributed by atoms with E-state index in [1.807, 2.05) is 6.92 Å². The Balaban J connectivity index is 2.17. The third kappa shape index (κ3) is 4.30. The molecule has 0 radical (unpaired) electrons. The highest BCUT2D eigenvalue weighted by Crippen LogP contribution is 2.22. The second kappa shape index (κ2) is 7.26. The van der Waals surface area contributed by atoms with Crippen molar-refractivity contribution in [3.63, 3.8) is 0 Å². The molecule has 7 nitrogen and oxygen atoms in total. The molecule has 0 unspecified atom stereocenters. The van der Waals surface area contributed by atoms with E-state index in [0.717, 1.165) is 5.56 Å². The highest BCUT2D eigenvalue weighted by atomic mass is 35.5. The third-order valence-electron chi connectivity index (χ3n) is 3.04. The maximum Gasteiger partial charge on any atom is 0.277 e. The van der Waals surface area contributed by atoms with Gasteiger partial charge in [-0.1, -0.05) is 17.7 Å². The van der Waals surface area contributed by atoms with Crippen LogP contribution < -0.4 is 10.6 Å². The Morgan fingerprint density at radius 2 is 2.09 bits per heavy atom. The van der Waals surface area contributed by atoms with E-state index in [0.29, 0.717) is 11.4 Å². The number of hydrogen-bond donors (Lipinski definition) is 2. The van der Waals surface area contributed by atoms with Crippen LogP contribution in [0.25, 0.3) is 0 Å². The lowest BCUT2D eigenvalue weighted by molar-refractivity contribution is -0.119. The van der Waals surface area contributed by atoms with Crippen molar-refractivity contribution in [2.45, 2.75) is 6.92 Å². The van der Waals surface area contributed by atoms with Crippen LogP contribution in [0.15, 0.2) is 24.4 Å².